The largest absolute Gasteiger partial charge is 0.466 e. The van der Waals surface area contributed by atoms with E-state index in [0.717, 1.165) is 5.39 Å². The van der Waals surface area contributed by atoms with Crippen LogP contribution in [0.3, 0.4) is 0 Å². The van der Waals surface area contributed by atoms with E-state index in [1.807, 2.05) is 6.07 Å². The lowest BCUT2D eigenvalue weighted by molar-refractivity contribution is -0.139. The van der Waals surface area contributed by atoms with E-state index in [0.29, 0.717) is 21.2 Å². The van der Waals surface area contributed by atoms with E-state index in [2.05, 4.69) is 27.0 Å². The summed E-state index contributed by atoms with van der Waals surface area (Å²) in [5, 5.41) is 10.9. The van der Waals surface area contributed by atoms with Crippen molar-refractivity contribution in [2.75, 3.05) is 19.1 Å². The normalized spacial score (nSPS) is 15.8. The van der Waals surface area contributed by atoms with E-state index < -0.39 is 17.9 Å². The Kier molecular flexibility index (Phi) is 6.34. The molecule has 2 heterocycles. The summed E-state index contributed by atoms with van der Waals surface area (Å²) in [6.45, 7) is 0. The number of esters is 2. The Hall–Kier alpha value is -4.16. The molecule has 1 aliphatic rings. The lowest BCUT2D eigenvalue weighted by Crippen LogP contribution is -2.41. The summed E-state index contributed by atoms with van der Waals surface area (Å²) in [6.07, 6.45) is 1.66. The van der Waals surface area contributed by atoms with E-state index in [-0.39, 0.29) is 22.7 Å². The summed E-state index contributed by atoms with van der Waals surface area (Å²) in [7, 11) is 2.42. The van der Waals surface area contributed by atoms with Gasteiger partial charge in [0, 0.05) is 11.6 Å². The van der Waals surface area contributed by atoms with Crippen molar-refractivity contribution in [1.82, 2.24) is 4.98 Å². The number of allylic oxidation sites excluding steroid dienone is 1. The van der Waals surface area contributed by atoms with Crippen LogP contribution in [0, 0.1) is 11.3 Å². The Morgan fingerprint density at radius 2 is 1.76 bits per heavy atom. The number of benzene rings is 2. The van der Waals surface area contributed by atoms with Crippen LogP contribution in [0.25, 0.3) is 10.9 Å². The summed E-state index contributed by atoms with van der Waals surface area (Å²) in [4.78, 5) is 32.0. The lowest BCUT2D eigenvalue weighted by atomic mass is 9.81. The first-order valence-corrected chi connectivity index (χ1v) is 10.9. The Labute approximate surface area is 204 Å². The number of fused-ring (bicyclic) bond motifs is 1. The number of hydrogen-bond acceptors (Lipinski definition) is 8. The van der Waals surface area contributed by atoms with Crippen molar-refractivity contribution in [2.24, 2.45) is 5.73 Å². The van der Waals surface area contributed by atoms with Crippen molar-refractivity contribution in [1.29, 1.82) is 5.26 Å². The third-order valence-corrected chi connectivity index (χ3v) is 6.38. The van der Waals surface area contributed by atoms with Crippen molar-refractivity contribution in [3.63, 3.8) is 0 Å². The number of rotatable bonds is 4. The standard InChI is InChI=1S/C25H19BrN4O4/c1-33-24(31)20-19(14-7-4-3-5-8-14)16(13-27)23(28)30(22(20)25(32)34-2)18-11-10-17-15(21(18)26)9-6-12-29-17/h3-12,19H,28H2,1-2H3. The number of hydrogen-bond donors (Lipinski definition) is 1. The summed E-state index contributed by atoms with van der Waals surface area (Å²) in [5.74, 6) is -2.52. The molecule has 0 saturated carbocycles. The van der Waals surface area contributed by atoms with Crippen molar-refractivity contribution in [2.45, 2.75) is 5.92 Å². The lowest BCUT2D eigenvalue weighted by Gasteiger charge is -2.36. The molecule has 3 aromatic rings. The van der Waals surface area contributed by atoms with E-state index in [1.165, 1.54) is 19.1 Å². The second-order valence-electron chi connectivity index (χ2n) is 7.30. The van der Waals surface area contributed by atoms with Gasteiger partial charge in [-0.05, 0) is 39.7 Å². The van der Waals surface area contributed by atoms with Gasteiger partial charge in [0.25, 0.3) is 0 Å². The van der Waals surface area contributed by atoms with Gasteiger partial charge >= 0.3 is 11.9 Å². The number of anilines is 1. The Morgan fingerprint density at radius 3 is 2.41 bits per heavy atom. The molecule has 0 aliphatic carbocycles. The Bertz CT molecular complexity index is 1410. The first-order chi connectivity index (χ1) is 16.4. The van der Waals surface area contributed by atoms with Crippen LogP contribution >= 0.6 is 15.9 Å². The van der Waals surface area contributed by atoms with Crippen molar-refractivity contribution in [3.05, 3.63) is 93.5 Å². The molecule has 4 rings (SSSR count). The number of aromatic nitrogens is 1. The minimum Gasteiger partial charge on any atom is -0.466 e. The molecular weight excluding hydrogens is 500 g/mol. The van der Waals surface area contributed by atoms with Gasteiger partial charge in [-0.1, -0.05) is 36.4 Å². The highest BCUT2D eigenvalue weighted by Crippen LogP contribution is 2.45. The molecule has 2 N–H and O–H groups in total. The number of nitriles is 1. The maximum atomic E-state index is 13.2. The van der Waals surface area contributed by atoms with Gasteiger partial charge in [0.1, 0.15) is 11.5 Å². The average Bonchev–Trinajstić information content (AvgIpc) is 2.88. The zero-order valence-corrected chi connectivity index (χ0v) is 19.9. The molecule has 9 heteroatoms. The molecule has 0 bridgehead atoms. The van der Waals surface area contributed by atoms with Gasteiger partial charge in [0.15, 0.2) is 0 Å². The molecule has 1 aromatic heterocycles. The van der Waals surface area contributed by atoms with Gasteiger partial charge in [-0.2, -0.15) is 5.26 Å². The quantitative estimate of drug-likeness (QED) is 0.516. The predicted molar refractivity (Wildman–Crippen MR) is 129 cm³/mol. The van der Waals surface area contributed by atoms with Crippen LogP contribution in [-0.2, 0) is 19.1 Å². The smallest absolute Gasteiger partial charge is 0.355 e. The molecular formula is C25H19BrN4O4. The number of nitrogens with zero attached hydrogens (tertiary/aromatic N) is 3. The third kappa shape index (κ3) is 3.68. The van der Waals surface area contributed by atoms with Crippen molar-refractivity contribution < 1.29 is 19.1 Å². The van der Waals surface area contributed by atoms with Crippen LogP contribution in [0.2, 0.25) is 0 Å². The van der Waals surface area contributed by atoms with Gasteiger partial charge in [0.05, 0.1) is 53.0 Å². The molecule has 0 saturated heterocycles. The maximum absolute atomic E-state index is 13.2. The molecule has 0 spiro atoms. The third-order valence-electron chi connectivity index (χ3n) is 5.55. The highest BCUT2D eigenvalue weighted by atomic mass is 79.9. The fourth-order valence-electron chi connectivity index (χ4n) is 4.04. The molecule has 8 nitrogen and oxygen atoms in total. The SMILES string of the molecule is COC(=O)C1=C(C(=O)OC)N(c2ccc3ncccc3c2Br)C(N)=C(C#N)C1c1ccccc1. The summed E-state index contributed by atoms with van der Waals surface area (Å²) >= 11 is 3.59. The number of nitrogens with two attached hydrogens (primary N) is 1. The number of methoxy groups -OCH3 is 2. The van der Waals surface area contributed by atoms with Crippen molar-refractivity contribution >= 4 is 44.5 Å². The first-order valence-electron chi connectivity index (χ1n) is 10.1. The number of carbonyl (C=O) groups is 2. The van der Waals surface area contributed by atoms with Gasteiger partial charge in [0.2, 0.25) is 0 Å². The fourth-order valence-corrected chi connectivity index (χ4v) is 4.69. The van der Waals surface area contributed by atoms with Crippen LogP contribution in [0.4, 0.5) is 5.69 Å². The minimum absolute atomic E-state index is 0.00616. The van der Waals surface area contributed by atoms with Crippen LogP contribution in [0.15, 0.2) is 87.9 Å². The predicted octanol–water partition coefficient (Wildman–Crippen LogP) is 3.90. The second kappa shape index (κ2) is 9.37. The van der Waals surface area contributed by atoms with E-state index in [9.17, 15) is 14.9 Å². The molecule has 0 radical (unpaired) electrons. The number of halogens is 1. The van der Waals surface area contributed by atoms with E-state index >= 15 is 0 Å². The summed E-state index contributed by atoms with van der Waals surface area (Å²) in [5.41, 5.74) is 8.19. The zero-order valence-electron chi connectivity index (χ0n) is 18.3. The average molecular weight is 519 g/mol. The Balaban J connectivity index is 2.10. The number of ether oxygens (including phenoxy) is 2. The van der Waals surface area contributed by atoms with E-state index in [1.54, 1.807) is 54.7 Å². The Morgan fingerprint density at radius 1 is 1.06 bits per heavy atom. The van der Waals surface area contributed by atoms with Gasteiger partial charge in [-0.25, -0.2) is 9.59 Å². The zero-order chi connectivity index (χ0) is 24.4. The maximum Gasteiger partial charge on any atom is 0.355 e. The topological polar surface area (TPSA) is 119 Å². The monoisotopic (exact) mass is 518 g/mol. The summed E-state index contributed by atoms with van der Waals surface area (Å²) < 4.78 is 10.7. The molecule has 1 atom stereocenters. The highest BCUT2D eigenvalue weighted by molar-refractivity contribution is 9.10. The molecule has 170 valence electrons. The van der Waals surface area contributed by atoms with Gasteiger partial charge in [-0.3, -0.25) is 9.88 Å². The number of carbonyl (C=O) groups excluding carboxylic acids is 2. The minimum atomic E-state index is -0.926. The molecule has 1 aliphatic heterocycles. The van der Waals surface area contributed by atoms with Gasteiger partial charge < -0.3 is 15.2 Å². The van der Waals surface area contributed by atoms with Crippen LogP contribution in [0.1, 0.15) is 11.5 Å². The van der Waals surface area contributed by atoms with E-state index in [4.69, 9.17) is 15.2 Å². The molecule has 34 heavy (non-hydrogen) atoms. The van der Waals surface area contributed by atoms with Crippen LogP contribution in [-0.4, -0.2) is 31.1 Å². The van der Waals surface area contributed by atoms with Gasteiger partial charge in [-0.15, -0.1) is 0 Å². The molecule has 2 aromatic carbocycles. The van der Waals surface area contributed by atoms with Crippen LogP contribution in [0.5, 0.6) is 0 Å². The first kappa shape index (κ1) is 23.0. The van der Waals surface area contributed by atoms with Crippen molar-refractivity contribution in [3.8, 4) is 6.07 Å². The number of pyridine rings is 1. The molecule has 0 fully saturated rings. The van der Waals surface area contributed by atoms with Crippen LogP contribution < -0.4 is 10.6 Å². The molecule has 0 amide bonds. The second-order valence-corrected chi connectivity index (χ2v) is 8.10. The molecule has 1 unspecified atom stereocenters. The highest BCUT2D eigenvalue weighted by Gasteiger charge is 2.43. The fraction of sp³-hybridized carbons (Fsp3) is 0.120. The summed E-state index contributed by atoms with van der Waals surface area (Å²) in [6, 6.07) is 18.1.